The predicted molar refractivity (Wildman–Crippen MR) is 121 cm³/mol. The van der Waals surface area contributed by atoms with E-state index in [1.165, 1.54) is 5.56 Å². The molecule has 166 valence electrons. The van der Waals surface area contributed by atoms with E-state index < -0.39 is 0 Å². The van der Waals surface area contributed by atoms with Crippen LogP contribution in [-0.4, -0.2) is 42.3 Å². The van der Waals surface area contributed by atoms with Gasteiger partial charge in [-0.3, -0.25) is 15.0 Å². The summed E-state index contributed by atoms with van der Waals surface area (Å²) < 4.78 is 16.9. The standard InChI is InChI=1S/C25H27N3O4/c1-17-5-7-18(8-6-17)20-15-25(32-27-20)26-24(29)16-28-11-2-4-21(28)19-9-10-22-23(14-19)31-13-3-12-30-22/h5-10,14-15,21H,2-4,11-13,16H2,1H3,(H,26,29). The van der Waals surface area contributed by atoms with E-state index in [9.17, 15) is 4.79 Å². The van der Waals surface area contributed by atoms with Gasteiger partial charge in [-0.15, -0.1) is 0 Å². The molecule has 7 heteroatoms. The first-order valence-corrected chi connectivity index (χ1v) is 11.1. The first kappa shape index (κ1) is 20.6. The van der Waals surface area contributed by atoms with Crippen LogP contribution < -0.4 is 14.8 Å². The fourth-order valence-corrected chi connectivity index (χ4v) is 4.34. The summed E-state index contributed by atoms with van der Waals surface area (Å²) in [7, 11) is 0. The summed E-state index contributed by atoms with van der Waals surface area (Å²) in [5, 5.41) is 6.93. The Kier molecular flexibility index (Phi) is 5.81. The third-order valence-corrected chi connectivity index (χ3v) is 5.99. The van der Waals surface area contributed by atoms with Crippen molar-refractivity contribution in [1.82, 2.24) is 10.1 Å². The Bertz CT molecular complexity index is 1090. The fraction of sp³-hybridized carbons (Fsp3) is 0.360. The lowest BCUT2D eigenvalue weighted by Gasteiger charge is -2.24. The van der Waals surface area contributed by atoms with Crippen molar-refractivity contribution in [3.05, 3.63) is 59.7 Å². The molecule has 2 aliphatic rings. The summed E-state index contributed by atoms with van der Waals surface area (Å²) >= 11 is 0. The molecule has 2 aliphatic heterocycles. The molecule has 7 nitrogen and oxygen atoms in total. The van der Waals surface area contributed by atoms with Gasteiger partial charge in [0.15, 0.2) is 11.5 Å². The van der Waals surface area contributed by atoms with Crippen molar-refractivity contribution < 1.29 is 18.8 Å². The van der Waals surface area contributed by atoms with Crippen molar-refractivity contribution in [2.75, 3.05) is 31.6 Å². The summed E-state index contributed by atoms with van der Waals surface area (Å²) in [4.78, 5) is 14.9. The van der Waals surface area contributed by atoms with Gasteiger partial charge in [0.25, 0.3) is 0 Å². The van der Waals surface area contributed by atoms with E-state index in [4.69, 9.17) is 14.0 Å². The molecule has 5 rings (SSSR count). The molecule has 0 aliphatic carbocycles. The second-order valence-corrected chi connectivity index (χ2v) is 8.38. The minimum absolute atomic E-state index is 0.113. The number of hydrogen-bond donors (Lipinski definition) is 1. The summed E-state index contributed by atoms with van der Waals surface area (Å²) in [5.41, 5.74) is 3.99. The summed E-state index contributed by atoms with van der Waals surface area (Å²) in [6, 6.07) is 16.1. The highest BCUT2D eigenvalue weighted by atomic mass is 16.5. The third-order valence-electron chi connectivity index (χ3n) is 5.99. The number of aryl methyl sites for hydroxylation is 1. The van der Waals surface area contributed by atoms with E-state index in [-0.39, 0.29) is 11.9 Å². The van der Waals surface area contributed by atoms with Gasteiger partial charge in [-0.1, -0.05) is 41.1 Å². The van der Waals surface area contributed by atoms with Gasteiger partial charge in [0.05, 0.1) is 19.8 Å². The number of nitrogens with zero attached hydrogens (tertiary/aromatic N) is 2. The van der Waals surface area contributed by atoms with Crippen molar-refractivity contribution in [3.63, 3.8) is 0 Å². The van der Waals surface area contributed by atoms with E-state index in [2.05, 4.69) is 27.5 Å². The molecule has 0 radical (unpaired) electrons. The smallest absolute Gasteiger partial charge is 0.240 e. The third kappa shape index (κ3) is 4.48. The zero-order valence-electron chi connectivity index (χ0n) is 18.2. The lowest BCUT2D eigenvalue weighted by Crippen LogP contribution is -2.32. The maximum absolute atomic E-state index is 12.7. The molecular weight excluding hydrogens is 406 g/mol. The summed E-state index contributed by atoms with van der Waals surface area (Å²) in [6.07, 6.45) is 2.94. The Morgan fingerprint density at radius 2 is 1.88 bits per heavy atom. The van der Waals surface area contributed by atoms with Gasteiger partial charge in [0.1, 0.15) is 5.69 Å². The average Bonchev–Trinajstić information content (AvgIpc) is 3.38. The Hall–Kier alpha value is -3.32. The molecule has 3 heterocycles. The van der Waals surface area contributed by atoms with Crippen LogP contribution in [0.3, 0.4) is 0 Å². The van der Waals surface area contributed by atoms with Gasteiger partial charge in [0, 0.05) is 24.1 Å². The predicted octanol–water partition coefficient (Wildman–Crippen LogP) is 4.59. The van der Waals surface area contributed by atoms with Crippen LogP contribution in [0.2, 0.25) is 0 Å². The van der Waals surface area contributed by atoms with Gasteiger partial charge in [0.2, 0.25) is 11.8 Å². The second kappa shape index (κ2) is 9.04. The molecule has 2 aromatic carbocycles. The van der Waals surface area contributed by atoms with E-state index in [1.54, 1.807) is 6.07 Å². The topological polar surface area (TPSA) is 76.8 Å². The van der Waals surface area contributed by atoms with Crippen LogP contribution in [-0.2, 0) is 4.79 Å². The fourth-order valence-electron chi connectivity index (χ4n) is 4.34. The quantitative estimate of drug-likeness (QED) is 0.634. The molecule has 32 heavy (non-hydrogen) atoms. The highest BCUT2D eigenvalue weighted by Gasteiger charge is 2.29. The molecular formula is C25H27N3O4. The lowest BCUT2D eigenvalue weighted by molar-refractivity contribution is -0.117. The maximum Gasteiger partial charge on any atom is 0.240 e. The highest BCUT2D eigenvalue weighted by molar-refractivity contribution is 5.91. The SMILES string of the molecule is Cc1ccc(-c2cc(NC(=O)CN3CCCC3c3ccc4c(c3)OCCCO4)on2)cc1. The highest BCUT2D eigenvalue weighted by Crippen LogP contribution is 2.37. The largest absolute Gasteiger partial charge is 0.490 e. The number of carbonyl (C=O) groups is 1. The van der Waals surface area contributed by atoms with Gasteiger partial charge >= 0.3 is 0 Å². The number of ether oxygens (including phenoxy) is 2. The zero-order chi connectivity index (χ0) is 21.9. The minimum atomic E-state index is -0.113. The number of amides is 1. The Balaban J connectivity index is 1.23. The van der Waals surface area contributed by atoms with Crippen molar-refractivity contribution in [1.29, 1.82) is 0 Å². The number of hydrogen-bond acceptors (Lipinski definition) is 6. The number of benzene rings is 2. The van der Waals surface area contributed by atoms with Crippen LogP contribution in [0.15, 0.2) is 53.1 Å². The molecule has 3 aromatic rings. The first-order valence-electron chi connectivity index (χ1n) is 11.1. The van der Waals surface area contributed by atoms with Crippen LogP contribution in [0, 0.1) is 6.92 Å². The molecule has 1 unspecified atom stereocenters. The number of carbonyl (C=O) groups excluding carboxylic acids is 1. The summed E-state index contributed by atoms with van der Waals surface area (Å²) in [5.74, 6) is 1.83. The van der Waals surface area contributed by atoms with Crippen molar-refractivity contribution >= 4 is 11.8 Å². The molecule has 1 fully saturated rings. The number of anilines is 1. The normalized spacial score (nSPS) is 18.3. The number of fused-ring (bicyclic) bond motifs is 1. The van der Waals surface area contributed by atoms with Crippen molar-refractivity contribution in [2.24, 2.45) is 0 Å². The van der Waals surface area contributed by atoms with Crippen LogP contribution in [0.4, 0.5) is 5.88 Å². The maximum atomic E-state index is 12.7. The molecule has 1 N–H and O–H groups in total. The van der Waals surface area contributed by atoms with E-state index in [0.29, 0.717) is 31.3 Å². The molecule has 1 amide bonds. The molecule has 1 aromatic heterocycles. The number of aromatic nitrogens is 1. The van der Waals surface area contributed by atoms with Crippen LogP contribution in [0.25, 0.3) is 11.3 Å². The molecule has 0 bridgehead atoms. The monoisotopic (exact) mass is 433 g/mol. The number of rotatable bonds is 5. The molecule has 1 atom stereocenters. The van der Waals surface area contributed by atoms with Crippen molar-refractivity contribution in [2.45, 2.75) is 32.2 Å². The number of nitrogens with one attached hydrogen (secondary N) is 1. The Morgan fingerprint density at radius 1 is 1.06 bits per heavy atom. The molecule has 1 saturated heterocycles. The van der Waals surface area contributed by atoms with E-state index >= 15 is 0 Å². The van der Waals surface area contributed by atoms with Gasteiger partial charge < -0.3 is 14.0 Å². The summed E-state index contributed by atoms with van der Waals surface area (Å²) in [6.45, 7) is 4.54. The molecule has 0 saturated carbocycles. The average molecular weight is 434 g/mol. The van der Waals surface area contributed by atoms with E-state index in [1.807, 2.05) is 37.3 Å². The van der Waals surface area contributed by atoms with Gasteiger partial charge in [-0.05, 0) is 44.0 Å². The van der Waals surface area contributed by atoms with E-state index in [0.717, 1.165) is 48.4 Å². The Labute approximate surface area is 187 Å². The van der Waals surface area contributed by atoms with Crippen LogP contribution in [0.5, 0.6) is 11.5 Å². The molecule has 0 spiro atoms. The van der Waals surface area contributed by atoms with Crippen LogP contribution >= 0.6 is 0 Å². The van der Waals surface area contributed by atoms with Crippen LogP contribution in [0.1, 0.15) is 36.4 Å². The minimum Gasteiger partial charge on any atom is -0.490 e. The Morgan fingerprint density at radius 3 is 2.72 bits per heavy atom. The van der Waals surface area contributed by atoms with Gasteiger partial charge in [-0.25, -0.2) is 0 Å². The number of likely N-dealkylation sites (tertiary alicyclic amines) is 1. The van der Waals surface area contributed by atoms with Gasteiger partial charge in [-0.2, -0.15) is 0 Å². The van der Waals surface area contributed by atoms with Crippen molar-refractivity contribution in [3.8, 4) is 22.8 Å². The second-order valence-electron chi connectivity index (χ2n) is 8.38. The lowest BCUT2D eigenvalue weighted by atomic mass is 10.0. The zero-order valence-corrected chi connectivity index (χ0v) is 18.2. The first-order chi connectivity index (χ1) is 15.7.